The standard InChI is InChI=1S/C5H10FNO3/c6-3-4(8)2(7)1-10-5(3)9/h2-5,8-9H,1,7H2. The predicted molar refractivity (Wildman–Crippen MR) is 30.8 cm³/mol. The molecule has 0 aromatic rings. The summed E-state index contributed by atoms with van der Waals surface area (Å²) in [5.41, 5.74) is 5.20. The summed E-state index contributed by atoms with van der Waals surface area (Å²) in [4.78, 5) is 0. The van der Waals surface area contributed by atoms with Gasteiger partial charge in [-0.2, -0.15) is 0 Å². The minimum absolute atomic E-state index is 0.0112. The fourth-order valence-electron chi connectivity index (χ4n) is 0.805. The third-order valence-electron chi connectivity index (χ3n) is 1.50. The molecule has 1 heterocycles. The van der Waals surface area contributed by atoms with E-state index in [1.54, 1.807) is 0 Å². The van der Waals surface area contributed by atoms with Crippen molar-refractivity contribution in [2.45, 2.75) is 24.6 Å². The first-order chi connectivity index (χ1) is 4.63. The topological polar surface area (TPSA) is 75.7 Å². The number of nitrogens with two attached hydrogens (primary N) is 1. The van der Waals surface area contributed by atoms with Crippen molar-refractivity contribution >= 4 is 0 Å². The molecule has 1 saturated heterocycles. The van der Waals surface area contributed by atoms with Gasteiger partial charge in [-0.25, -0.2) is 4.39 Å². The van der Waals surface area contributed by atoms with Crippen LogP contribution in [0.25, 0.3) is 0 Å². The average molecular weight is 151 g/mol. The number of aliphatic hydroxyl groups is 2. The Hall–Kier alpha value is -0.230. The Morgan fingerprint density at radius 3 is 2.60 bits per heavy atom. The molecule has 5 heteroatoms. The smallest absolute Gasteiger partial charge is 0.188 e. The molecule has 4 atom stereocenters. The molecule has 1 aliphatic rings. The van der Waals surface area contributed by atoms with E-state index in [4.69, 9.17) is 15.9 Å². The Kier molecular flexibility index (Phi) is 2.20. The van der Waals surface area contributed by atoms with Crippen LogP contribution in [-0.4, -0.2) is 41.4 Å². The summed E-state index contributed by atoms with van der Waals surface area (Å²) in [5.74, 6) is 0. The maximum absolute atomic E-state index is 12.5. The molecule has 0 radical (unpaired) electrons. The van der Waals surface area contributed by atoms with Gasteiger partial charge in [0.25, 0.3) is 0 Å². The van der Waals surface area contributed by atoms with Crippen LogP contribution in [0.4, 0.5) is 4.39 Å². The molecule has 0 bridgehead atoms. The highest BCUT2D eigenvalue weighted by Gasteiger charge is 2.36. The van der Waals surface area contributed by atoms with E-state index < -0.39 is 24.6 Å². The molecule has 0 aromatic carbocycles. The molecule has 0 spiro atoms. The molecule has 1 fully saturated rings. The summed E-state index contributed by atoms with van der Waals surface area (Å²) in [6.45, 7) is -0.0112. The average Bonchev–Trinajstić information content (AvgIpc) is 1.93. The Balaban J connectivity index is 2.52. The van der Waals surface area contributed by atoms with Crippen LogP contribution in [-0.2, 0) is 4.74 Å². The van der Waals surface area contributed by atoms with Crippen molar-refractivity contribution in [2.24, 2.45) is 5.73 Å². The summed E-state index contributed by atoms with van der Waals surface area (Å²) in [6, 6.07) is -0.738. The first kappa shape index (κ1) is 7.87. The van der Waals surface area contributed by atoms with Crippen molar-refractivity contribution in [1.29, 1.82) is 0 Å². The monoisotopic (exact) mass is 151 g/mol. The van der Waals surface area contributed by atoms with Crippen LogP contribution in [0.1, 0.15) is 0 Å². The summed E-state index contributed by atoms with van der Waals surface area (Å²) < 4.78 is 17.0. The quantitative estimate of drug-likeness (QED) is 0.388. The fraction of sp³-hybridized carbons (Fsp3) is 1.00. The normalized spacial score (nSPS) is 49.2. The zero-order valence-corrected chi connectivity index (χ0v) is 5.27. The van der Waals surface area contributed by atoms with Gasteiger partial charge in [0, 0.05) is 0 Å². The number of halogens is 1. The lowest BCUT2D eigenvalue weighted by molar-refractivity contribution is -0.203. The van der Waals surface area contributed by atoms with Crippen LogP contribution < -0.4 is 5.73 Å². The van der Waals surface area contributed by atoms with Crippen LogP contribution in [0.2, 0.25) is 0 Å². The number of aliphatic hydroxyl groups excluding tert-OH is 2. The van der Waals surface area contributed by atoms with E-state index >= 15 is 0 Å². The van der Waals surface area contributed by atoms with Crippen LogP contribution in [0.15, 0.2) is 0 Å². The van der Waals surface area contributed by atoms with Crippen molar-refractivity contribution < 1.29 is 19.3 Å². The Morgan fingerprint density at radius 2 is 2.10 bits per heavy atom. The maximum atomic E-state index is 12.5. The van der Waals surface area contributed by atoms with Gasteiger partial charge >= 0.3 is 0 Å². The van der Waals surface area contributed by atoms with Crippen molar-refractivity contribution in [3.8, 4) is 0 Å². The highest BCUT2D eigenvalue weighted by molar-refractivity contribution is 4.84. The van der Waals surface area contributed by atoms with Crippen LogP contribution in [0.5, 0.6) is 0 Å². The second kappa shape index (κ2) is 2.79. The lowest BCUT2D eigenvalue weighted by atomic mass is 10.1. The lowest BCUT2D eigenvalue weighted by Gasteiger charge is -2.31. The molecule has 0 saturated carbocycles. The largest absolute Gasteiger partial charge is 0.388 e. The molecule has 0 aliphatic carbocycles. The van der Waals surface area contributed by atoms with E-state index in [2.05, 4.69) is 4.74 Å². The third-order valence-corrected chi connectivity index (χ3v) is 1.50. The second-order valence-electron chi connectivity index (χ2n) is 2.32. The summed E-state index contributed by atoms with van der Waals surface area (Å²) >= 11 is 0. The van der Waals surface area contributed by atoms with Gasteiger partial charge in [0.1, 0.15) is 6.10 Å². The Morgan fingerprint density at radius 1 is 1.50 bits per heavy atom. The van der Waals surface area contributed by atoms with Gasteiger partial charge < -0.3 is 20.7 Å². The van der Waals surface area contributed by atoms with Crippen LogP contribution in [0, 0.1) is 0 Å². The summed E-state index contributed by atoms with van der Waals surface area (Å²) in [6.07, 6.45) is -4.64. The molecule has 4 unspecified atom stereocenters. The van der Waals surface area contributed by atoms with Gasteiger partial charge in [-0.1, -0.05) is 0 Å². The molecule has 1 aliphatic heterocycles. The highest BCUT2D eigenvalue weighted by Crippen LogP contribution is 2.14. The zero-order chi connectivity index (χ0) is 7.72. The SMILES string of the molecule is NC1COC(O)C(F)C1O. The molecule has 1 rings (SSSR count). The number of ether oxygens (including phenoxy) is 1. The Bertz CT molecular complexity index is 109. The summed E-state index contributed by atoms with van der Waals surface area (Å²) in [7, 11) is 0. The van der Waals surface area contributed by atoms with Crippen molar-refractivity contribution in [2.75, 3.05) is 6.61 Å². The van der Waals surface area contributed by atoms with E-state index in [0.29, 0.717) is 0 Å². The third kappa shape index (κ3) is 1.27. The van der Waals surface area contributed by atoms with Crippen molar-refractivity contribution in [3.63, 3.8) is 0 Å². The fourth-order valence-corrected chi connectivity index (χ4v) is 0.805. The lowest BCUT2D eigenvalue weighted by Crippen LogP contribution is -2.54. The van der Waals surface area contributed by atoms with Gasteiger partial charge in [-0.05, 0) is 0 Å². The number of alkyl halides is 1. The van der Waals surface area contributed by atoms with Crippen molar-refractivity contribution in [1.82, 2.24) is 0 Å². The summed E-state index contributed by atoms with van der Waals surface area (Å²) in [5, 5.41) is 17.5. The molecular weight excluding hydrogens is 141 g/mol. The van der Waals surface area contributed by atoms with Crippen LogP contribution >= 0.6 is 0 Å². The van der Waals surface area contributed by atoms with E-state index in [1.165, 1.54) is 0 Å². The van der Waals surface area contributed by atoms with Gasteiger partial charge in [0.15, 0.2) is 12.5 Å². The van der Waals surface area contributed by atoms with Crippen molar-refractivity contribution in [3.05, 3.63) is 0 Å². The number of hydrogen-bond acceptors (Lipinski definition) is 4. The number of rotatable bonds is 0. The molecular formula is C5H10FNO3. The van der Waals surface area contributed by atoms with Gasteiger partial charge in [0.05, 0.1) is 12.6 Å². The molecule has 4 nitrogen and oxygen atoms in total. The van der Waals surface area contributed by atoms with E-state index in [1.807, 2.05) is 0 Å². The van der Waals surface area contributed by atoms with E-state index in [0.717, 1.165) is 0 Å². The molecule has 10 heavy (non-hydrogen) atoms. The molecule has 0 aromatic heterocycles. The second-order valence-corrected chi connectivity index (χ2v) is 2.32. The van der Waals surface area contributed by atoms with E-state index in [-0.39, 0.29) is 6.61 Å². The van der Waals surface area contributed by atoms with E-state index in [9.17, 15) is 4.39 Å². The molecule has 4 N–H and O–H groups in total. The first-order valence-electron chi connectivity index (χ1n) is 3.00. The maximum Gasteiger partial charge on any atom is 0.188 e. The minimum atomic E-state index is -1.79. The molecule has 60 valence electrons. The predicted octanol–water partition coefficient (Wildman–Crippen LogP) is -1.64. The first-order valence-corrected chi connectivity index (χ1v) is 3.00. The van der Waals surface area contributed by atoms with Gasteiger partial charge in [0.2, 0.25) is 0 Å². The minimum Gasteiger partial charge on any atom is -0.388 e. The highest BCUT2D eigenvalue weighted by atomic mass is 19.1. The van der Waals surface area contributed by atoms with Gasteiger partial charge in [-0.15, -0.1) is 0 Å². The van der Waals surface area contributed by atoms with Crippen LogP contribution in [0.3, 0.4) is 0 Å². The Labute approximate surface area is 57.4 Å². The van der Waals surface area contributed by atoms with Gasteiger partial charge in [-0.3, -0.25) is 0 Å². The number of hydrogen-bond donors (Lipinski definition) is 3. The molecule has 0 amide bonds. The zero-order valence-electron chi connectivity index (χ0n) is 5.27.